The van der Waals surface area contributed by atoms with Crippen molar-refractivity contribution in [2.45, 2.75) is 31.0 Å². The normalized spacial score (nSPS) is 39.2. The first-order valence-electron chi connectivity index (χ1n) is 5.15. The molecule has 13 heavy (non-hydrogen) atoms. The smallest absolute Gasteiger partial charge is 0.163 e. The SMILES string of the molecule is C[C@@H]1COC2(SCCCS2)[C@@H](C)C1. The number of rotatable bonds is 0. The van der Waals surface area contributed by atoms with E-state index in [0.717, 1.165) is 12.5 Å². The Morgan fingerprint density at radius 1 is 1.23 bits per heavy atom. The van der Waals surface area contributed by atoms with E-state index in [0.29, 0.717) is 5.92 Å². The van der Waals surface area contributed by atoms with Crippen LogP contribution in [0.2, 0.25) is 0 Å². The second kappa shape index (κ2) is 4.03. The van der Waals surface area contributed by atoms with Gasteiger partial charge in [0.05, 0.1) is 6.61 Å². The molecule has 0 saturated carbocycles. The molecule has 2 heterocycles. The molecule has 0 amide bonds. The highest BCUT2D eigenvalue weighted by molar-refractivity contribution is 8.18. The second-order valence-electron chi connectivity index (χ2n) is 4.21. The van der Waals surface area contributed by atoms with E-state index in [1.165, 1.54) is 24.3 Å². The maximum atomic E-state index is 6.06. The number of hydrogen-bond donors (Lipinski definition) is 0. The zero-order valence-corrected chi connectivity index (χ0v) is 10.0. The largest absolute Gasteiger partial charge is 0.354 e. The highest BCUT2D eigenvalue weighted by Crippen LogP contribution is 2.52. The average molecular weight is 218 g/mol. The molecule has 1 spiro atoms. The summed E-state index contributed by atoms with van der Waals surface area (Å²) in [6.45, 7) is 5.60. The molecule has 2 rings (SSSR count). The Labute approximate surface area is 89.4 Å². The summed E-state index contributed by atoms with van der Waals surface area (Å²) in [5, 5.41) is 0. The number of hydrogen-bond acceptors (Lipinski definition) is 3. The van der Waals surface area contributed by atoms with Gasteiger partial charge in [0.2, 0.25) is 0 Å². The van der Waals surface area contributed by atoms with Gasteiger partial charge < -0.3 is 4.74 Å². The zero-order valence-electron chi connectivity index (χ0n) is 8.41. The maximum absolute atomic E-state index is 6.06. The molecule has 76 valence electrons. The molecule has 0 bridgehead atoms. The third-order valence-electron chi connectivity index (χ3n) is 2.82. The summed E-state index contributed by atoms with van der Waals surface area (Å²) in [6.07, 6.45) is 2.68. The Kier molecular flexibility index (Phi) is 3.16. The van der Waals surface area contributed by atoms with Crippen molar-refractivity contribution in [1.29, 1.82) is 0 Å². The van der Waals surface area contributed by atoms with E-state index in [1.807, 2.05) is 23.5 Å². The van der Waals surface area contributed by atoms with Crippen LogP contribution >= 0.6 is 23.5 Å². The van der Waals surface area contributed by atoms with Crippen LogP contribution in [0.4, 0.5) is 0 Å². The quantitative estimate of drug-likeness (QED) is 0.618. The van der Waals surface area contributed by atoms with Crippen LogP contribution in [0.3, 0.4) is 0 Å². The van der Waals surface area contributed by atoms with Crippen LogP contribution in [0, 0.1) is 11.8 Å². The minimum atomic E-state index is 0.130. The van der Waals surface area contributed by atoms with Crippen LogP contribution in [0.5, 0.6) is 0 Å². The van der Waals surface area contributed by atoms with Crippen molar-refractivity contribution in [2.24, 2.45) is 11.8 Å². The molecule has 2 aliphatic rings. The molecule has 2 fully saturated rings. The number of thioether (sulfide) groups is 2. The summed E-state index contributed by atoms with van der Waals surface area (Å²) in [5.74, 6) is 4.03. The minimum absolute atomic E-state index is 0.130. The molecule has 1 nitrogen and oxygen atoms in total. The van der Waals surface area contributed by atoms with E-state index < -0.39 is 0 Å². The second-order valence-corrected chi connectivity index (χ2v) is 7.07. The average Bonchev–Trinajstić information content (AvgIpc) is 2.14. The first kappa shape index (κ1) is 10.2. The lowest BCUT2D eigenvalue weighted by molar-refractivity contribution is -0.0164. The van der Waals surface area contributed by atoms with E-state index in [4.69, 9.17) is 4.74 Å². The van der Waals surface area contributed by atoms with Crippen molar-refractivity contribution in [1.82, 2.24) is 0 Å². The van der Waals surface area contributed by atoms with Gasteiger partial charge in [-0.15, -0.1) is 23.5 Å². The van der Waals surface area contributed by atoms with Gasteiger partial charge in [-0.05, 0) is 30.3 Å². The van der Waals surface area contributed by atoms with Gasteiger partial charge in [-0.2, -0.15) is 0 Å². The predicted octanol–water partition coefficient (Wildman–Crippen LogP) is 3.20. The fourth-order valence-electron chi connectivity index (χ4n) is 2.11. The Balaban J connectivity index is 2.03. The van der Waals surface area contributed by atoms with Crippen molar-refractivity contribution < 1.29 is 4.74 Å². The lowest BCUT2D eigenvalue weighted by Gasteiger charge is -2.45. The molecule has 2 aliphatic heterocycles. The highest BCUT2D eigenvalue weighted by atomic mass is 32.2. The Bertz CT molecular complexity index is 178. The first-order chi connectivity index (χ1) is 6.23. The van der Waals surface area contributed by atoms with Crippen LogP contribution in [0.25, 0.3) is 0 Å². The third-order valence-corrected chi connectivity index (χ3v) is 6.36. The van der Waals surface area contributed by atoms with E-state index >= 15 is 0 Å². The molecule has 3 heteroatoms. The van der Waals surface area contributed by atoms with Gasteiger partial charge in [-0.1, -0.05) is 13.8 Å². The summed E-state index contributed by atoms with van der Waals surface area (Å²) in [4.78, 5) is 0. The molecule has 0 aliphatic carbocycles. The Morgan fingerprint density at radius 2 is 1.92 bits per heavy atom. The Hall–Kier alpha value is 0.660. The minimum Gasteiger partial charge on any atom is -0.354 e. The molecule has 2 saturated heterocycles. The highest BCUT2D eigenvalue weighted by Gasteiger charge is 2.43. The van der Waals surface area contributed by atoms with Gasteiger partial charge in [-0.25, -0.2) is 0 Å². The lowest BCUT2D eigenvalue weighted by Crippen LogP contribution is -2.42. The Morgan fingerprint density at radius 3 is 2.54 bits per heavy atom. The molecule has 0 aromatic heterocycles. The summed E-state index contributed by atoms with van der Waals surface area (Å²) < 4.78 is 6.19. The fourth-order valence-corrected chi connectivity index (χ4v) is 5.34. The number of ether oxygens (including phenoxy) is 1. The van der Waals surface area contributed by atoms with Crippen molar-refractivity contribution in [3.05, 3.63) is 0 Å². The van der Waals surface area contributed by atoms with Crippen LogP contribution in [0.15, 0.2) is 0 Å². The summed E-state index contributed by atoms with van der Waals surface area (Å²) in [5.41, 5.74) is 0. The van der Waals surface area contributed by atoms with Gasteiger partial charge >= 0.3 is 0 Å². The molecule has 0 aromatic carbocycles. The molecule has 0 unspecified atom stereocenters. The molecule has 0 radical (unpaired) electrons. The monoisotopic (exact) mass is 218 g/mol. The molecular formula is C10H18OS2. The van der Waals surface area contributed by atoms with Crippen molar-refractivity contribution in [3.8, 4) is 0 Å². The lowest BCUT2D eigenvalue weighted by atomic mass is 9.96. The topological polar surface area (TPSA) is 9.23 Å². The van der Waals surface area contributed by atoms with E-state index in [9.17, 15) is 0 Å². The van der Waals surface area contributed by atoms with Crippen LogP contribution < -0.4 is 0 Å². The van der Waals surface area contributed by atoms with Crippen LogP contribution in [-0.4, -0.2) is 22.4 Å². The molecule has 0 N–H and O–H groups in total. The van der Waals surface area contributed by atoms with Gasteiger partial charge in [-0.3, -0.25) is 0 Å². The van der Waals surface area contributed by atoms with Gasteiger partial charge in [0, 0.05) is 5.92 Å². The van der Waals surface area contributed by atoms with Gasteiger partial charge in [0.1, 0.15) is 0 Å². The zero-order chi connectivity index (χ0) is 9.31. The van der Waals surface area contributed by atoms with E-state index in [1.54, 1.807) is 0 Å². The van der Waals surface area contributed by atoms with Crippen molar-refractivity contribution in [2.75, 3.05) is 18.1 Å². The van der Waals surface area contributed by atoms with Crippen molar-refractivity contribution >= 4 is 23.5 Å². The predicted molar refractivity (Wildman–Crippen MR) is 61.2 cm³/mol. The van der Waals surface area contributed by atoms with Crippen molar-refractivity contribution in [3.63, 3.8) is 0 Å². The fraction of sp³-hybridized carbons (Fsp3) is 1.00. The first-order valence-corrected chi connectivity index (χ1v) is 7.12. The summed E-state index contributed by atoms with van der Waals surface area (Å²) in [7, 11) is 0. The summed E-state index contributed by atoms with van der Waals surface area (Å²) >= 11 is 4.07. The van der Waals surface area contributed by atoms with E-state index in [-0.39, 0.29) is 4.27 Å². The summed E-state index contributed by atoms with van der Waals surface area (Å²) in [6, 6.07) is 0. The molecule has 2 atom stereocenters. The molecular weight excluding hydrogens is 200 g/mol. The van der Waals surface area contributed by atoms with Crippen LogP contribution in [0.1, 0.15) is 26.7 Å². The van der Waals surface area contributed by atoms with Crippen LogP contribution in [-0.2, 0) is 4.74 Å². The van der Waals surface area contributed by atoms with E-state index in [2.05, 4.69) is 13.8 Å². The molecule has 0 aromatic rings. The van der Waals surface area contributed by atoms with Gasteiger partial charge in [0.15, 0.2) is 4.27 Å². The van der Waals surface area contributed by atoms with Gasteiger partial charge in [0.25, 0.3) is 0 Å². The standard InChI is InChI=1S/C10H18OS2/c1-8-6-9(2)10(11-7-8)12-4-3-5-13-10/h8-9H,3-7H2,1-2H3/t8-,9-/m0/s1. The maximum Gasteiger partial charge on any atom is 0.163 e. The third kappa shape index (κ3) is 2.02.